The molecule has 5 aliphatic rings. The Kier molecular flexibility index (Phi) is 4.52. The maximum Gasteiger partial charge on any atom is 0.226 e. The number of aliphatic hydroxyl groups excluding tert-OH is 1. The van der Waals surface area contributed by atoms with E-state index in [0.29, 0.717) is 29.8 Å². The summed E-state index contributed by atoms with van der Waals surface area (Å²) < 4.78 is 0. The van der Waals surface area contributed by atoms with E-state index < -0.39 is 0 Å². The van der Waals surface area contributed by atoms with Gasteiger partial charge in [0.25, 0.3) is 0 Å². The lowest BCUT2D eigenvalue weighted by molar-refractivity contribution is -0.142. The lowest BCUT2D eigenvalue weighted by atomic mass is 9.75. The van der Waals surface area contributed by atoms with Gasteiger partial charge in [-0.1, -0.05) is 29.8 Å². The molecule has 1 aromatic rings. The van der Waals surface area contributed by atoms with Crippen LogP contribution >= 0.6 is 0 Å². The number of amides is 1. The van der Waals surface area contributed by atoms with Crippen molar-refractivity contribution in [1.82, 2.24) is 9.80 Å². The fraction of sp³-hybridized carbons (Fsp3) is 0.696. The topological polar surface area (TPSA) is 43.8 Å². The Morgan fingerprint density at radius 1 is 0.963 bits per heavy atom. The molecule has 4 heterocycles. The van der Waals surface area contributed by atoms with Crippen LogP contribution in [0.3, 0.4) is 0 Å². The van der Waals surface area contributed by atoms with E-state index in [9.17, 15) is 9.90 Å². The standard InChI is InChI=1S/C23H32N2O2/c1-15-2-4-16(5-3-15)20-14-25(23(27)18-6-8-19(26)9-7-18)21-17-10-12-24(13-11-17)22(20)21/h2-5,17-22,26H,6-14H2,1H3/t18?,19?,20-,21+,22+/m0/s1. The number of carbonyl (C=O) groups is 1. The Morgan fingerprint density at radius 3 is 2.30 bits per heavy atom. The fourth-order valence-electron chi connectivity index (χ4n) is 6.34. The van der Waals surface area contributed by atoms with E-state index in [4.69, 9.17) is 0 Å². The van der Waals surface area contributed by atoms with Crippen LogP contribution in [0.1, 0.15) is 55.6 Å². The summed E-state index contributed by atoms with van der Waals surface area (Å²) in [5, 5.41) is 9.83. The first kappa shape index (κ1) is 17.7. The minimum atomic E-state index is -0.197. The van der Waals surface area contributed by atoms with Crippen LogP contribution in [0.5, 0.6) is 0 Å². The highest BCUT2D eigenvalue weighted by Gasteiger charge is 2.55. The van der Waals surface area contributed by atoms with E-state index >= 15 is 0 Å². The fourth-order valence-corrected chi connectivity index (χ4v) is 6.34. The SMILES string of the molecule is Cc1ccc([C@@H]2CN(C(=O)C3CCC(O)CC3)[C@@H]3C4CCN(CC4)[C@@H]32)cc1. The smallest absolute Gasteiger partial charge is 0.226 e. The molecule has 1 aromatic carbocycles. The van der Waals surface area contributed by atoms with Crippen LogP contribution in [-0.2, 0) is 4.79 Å². The van der Waals surface area contributed by atoms with Crippen molar-refractivity contribution in [3.05, 3.63) is 35.4 Å². The third kappa shape index (κ3) is 3.01. The molecule has 1 amide bonds. The van der Waals surface area contributed by atoms with Gasteiger partial charge >= 0.3 is 0 Å². The van der Waals surface area contributed by atoms with Gasteiger partial charge in [-0.15, -0.1) is 0 Å². The molecule has 3 atom stereocenters. The van der Waals surface area contributed by atoms with E-state index in [2.05, 4.69) is 41.0 Å². The van der Waals surface area contributed by atoms with Crippen LogP contribution in [0.15, 0.2) is 24.3 Å². The number of likely N-dealkylation sites (tertiary alicyclic amines) is 1. The van der Waals surface area contributed by atoms with Gasteiger partial charge < -0.3 is 10.0 Å². The number of hydrogen-bond acceptors (Lipinski definition) is 3. The Balaban J connectivity index is 1.43. The zero-order chi connectivity index (χ0) is 18.5. The minimum Gasteiger partial charge on any atom is -0.393 e. The summed E-state index contributed by atoms with van der Waals surface area (Å²) >= 11 is 0. The van der Waals surface area contributed by atoms with Crippen molar-refractivity contribution in [3.8, 4) is 0 Å². The molecule has 5 fully saturated rings. The average molecular weight is 369 g/mol. The third-order valence-electron chi connectivity index (χ3n) is 7.83. The molecular formula is C23H32N2O2. The second kappa shape index (κ2) is 6.89. The second-order valence-electron chi connectivity index (χ2n) is 9.37. The van der Waals surface area contributed by atoms with Crippen LogP contribution in [0, 0.1) is 18.8 Å². The van der Waals surface area contributed by atoms with E-state index in [1.807, 2.05) is 0 Å². The summed E-state index contributed by atoms with van der Waals surface area (Å²) in [4.78, 5) is 18.5. The van der Waals surface area contributed by atoms with Crippen LogP contribution in [0.4, 0.5) is 0 Å². The van der Waals surface area contributed by atoms with Crippen molar-refractivity contribution >= 4 is 5.91 Å². The Hall–Kier alpha value is -1.39. The predicted octanol–water partition coefficient (Wildman–Crippen LogP) is 2.93. The molecule has 4 heteroatoms. The molecule has 1 saturated carbocycles. The van der Waals surface area contributed by atoms with Gasteiger partial charge in [0.15, 0.2) is 0 Å². The first-order valence-electron chi connectivity index (χ1n) is 10.9. The van der Waals surface area contributed by atoms with Gasteiger partial charge in [-0.2, -0.15) is 0 Å². The monoisotopic (exact) mass is 368 g/mol. The Bertz CT molecular complexity index is 687. The average Bonchev–Trinajstić information content (AvgIpc) is 3.12. The van der Waals surface area contributed by atoms with Gasteiger partial charge in [-0.3, -0.25) is 9.69 Å². The highest BCUT2D eigenvalue weighted by atomic mass is 16.3. The first-order chi connectivity index (χ1) is 13.1. The van der Waals surface area contributed by atoms with Crippen LogP contribution in [0.2, 0.25) is 0 Å². The highest BCUT2D eigenvalue weighted by Crippen LogP contribution is 2.47. The molecule has 4 aliphatic heterocycles. The number of aryl methyl sites for hydroxylation is 1. The summed E-state index contributed by atoms with van der Waals surface area (Å²) in [6, 6.07) is 9.90. The van der Waals surface area contributed by atoms with Crippen LogP contribution in [0.25, 0.3) is 0 Å². The molecule has 146 valence electrons. The number of hydrogen-bond donors (Lipinski definition) is 1. The van der Waals surface area contributed by atoms with Gasteiger partial charge in [0.1, 0.15) is 0 Å². The summed E-state index contributed by atoms with van der Waals surface area (Å²) in [5.41, 5.74) is 2.70. The third-order valence-corrected chi connectivity index (χ3v) is 7.83. The highest BCUT2D eigenvalue weighted by molar-refractivity contribution is 5.80. The number of benzene rings is 1. The first-order valence-corrected chi connectivity index (χ1v) is 10.9. The molecule has 0 unspecified atom stereocenters. The minimum absolute atomic E-state index is 0.126. The molecule has 0 spiro atoms. The van der Waals surface area contributed by atoms with E-state index in [1.54, 1.807) is 0 Å². The number of fused-ring (bicyclic) bond motifs is 2. The van der Waals surface area contributed by atoms with Gasteiger partial charge in [0.2, 0.25) is 5.91 Å². The molecular weight excluding hydrogens is 336 g/mol. The van der Waals surface area contributed by atoms with Crippen LogP contribution in [-0.4, -0.2) is 58.6 Å². The van der Waals surface area contributed by atoms with Gasteiger partial charge in [-0.05, 0) is 70.0 Å². The Labute approximate surface area is 162 Å². The number of carbonyl (C=O) groups excluding carboxylic acids is 1. The maximum atomic E-state index is 13.5. The van der Waals surface area contributed by atoms with Crippen molar-refractivity contribution in [3.63, 3.8) is 0 Å². The van der Waals surface area contributed by atoms with Gasteiger partial charge in [-0.25, -0.2) is 0 Å². The molecule has 27 heavy (non-hydrogen) atoms. The quantitative estimate of drug-likeness (QED) is 0.873. The van der Waals surface area contributed by atoms with E-state index in [1.165, 1.54) is 37.1 Å². The summed E-state index contributed by atoms with van der Waals surface area (Å²) in [6.07, 6.45) is 5.58. The number of piperidine rings is 3. The van der Waals surface area contributed by atoms with Crippen molar-refractivity contribution in [1.29, 1.82) is 0 Å². The van der Waals surface area contributed by atoms with Crippen molar-refractivity contribution in [2.24, 2.45) is 11.8 Å². The van der Waals surface area contributed by atoms with E-state index in [-0.39, 0.29) is 12.0 Å². The maximum absolute atomic E-state index is 13.5. The van der Waals surface area contributed by atoms with Crippen LogP contribution < -0.4 is 0 Å². The van der Waals surface area contributed by atoms with Gasteiger partial charge in [0, 0.05) is 24.4 Å². The molecule has 4 nitrogen and oxygen atoms in total. The zero-order valence-corrected chi connectivity index (χ0v) is 16.4. The Morgan fingerprint density at radius 2 is 1.63 bits per heavy atom. The lowest BCUT2D eigenvalue weighted by Gasteiger charge is -2.51. The molecule has 0 radical (unpaired) electrons. The van der Waals surface area contributed by atoms with Gasteiger partial charge in [0.05, 0.1) is 12.1 Å². The molecule has 1 aliphatic carbocycles. The summed E-state index contributed by atoms with van der Waals surface area (Å²) in [6.45, 7) is 5.42. The number of rotatable bonds is 2. The molecule has 6 rings (SSSR count). The number of aliphatic hydroxyl groups is 1. The normalized spacial score (nSPS) is 40.8. The largest absolute Gasteiger partial charge is 0.393 e. The summed E-state index contributed by atoms with van der Waals surface area (Å²) in [5.74, 6) is 1.62. The molecule has 4 saturated heterocycles. The predicted molar refractivity (Wildman–Crippen MR) is 105 cm³/mol. The zero-order valence-electron chi connectivity index (χ0n) is 16.4. The van der Waals surface area contributed by atoms with E-state index in [0.717, 1.165) is 32.2 Å². The molecule has 1 N–H and O–H groups in total. The van der Waals surface area contributed by atoms with Crippen molar-refractivity contribution < 1.29 is 9.90 Å². The molecule has 2 bridgehead atoms. The lowest BCUT2D eigenvalue weighted by Crippen LogP contribution is -2.61. The number of nitrogens with zero attached hydrogens (tertiary/aromatic N) is 2. The van der Waals surface area contributed by atoms with Crippen molar-refractivity contribution in [2.45, 2.75) is 69.6 Å². The molecule has 0 aromatic heterocycles. The summed E-state index contributed by atoms with van der Waals surface area (Å²) in [7, 11) is 0. The van der Waals surface area contributed by atoms with Crippen molar-refractivity contribution in [2.75, 3.05) is 19.6 Å². The second-order valence-corrected chi connectivity index (χ2v) is 9.37.